The molecular formula is C11H14Cl2N2O. The fourth-order valence-corrected chi connectivity index (χ4v) is 2.58. The van der Waals surface area contributed by atoms with Crippen molar-refractivity contribution in [2.75, 3.05) is 11.9 Å². The summed E-state index contributed by atoms with van der Waals surface area (Å²) in [5, 5.41) is 13.5. The number of aromatic nitrogens is 1. The van der Waals surface area contributed by atoms with Gasteiger partial charge in [-0.3, -0.25) is 0 Å². The maximum absolute atomic E-state index is 9.21. The van der Waals surface area contributed by atoms with Gasteiger partial charge in [-0.1, -0.05) is 29.6 Å². The van der Waals surface area contributed by atoms with Gasteiger partial charge in [0, 0.05) is 24.8 Å². The van der Waals surface area contributed by atoms with Crippen LogP contribution < -0.4 is 5.32 Å². The third kappa shape index (κ3) is 2.59. The highest BCUT2D eigenvalue weighted by molar-refractivity contribution is 6.35. The van der Waals surface area contributed by atoms with Crippen molar-refractivity contribution in [1.29, 1.82) is 0 Å². The lowest BCUT2D eigenvalue weighted by Crippen LogP contribution is -2.26. The number of aliphatic hydroxyl groups excluding tert-OH is 1. The van der Waals surface area contributed by atoms with Gasteiger partial charge in [0.25, 0.3) is 0 Å². The van der Waals surface area contributed by atoms with E-state index in [2.05, 4.69) is 10.3 Å². The van der Waals surface area contributed by atoms with E-state index in [0.717, 1.165) is 19.3 Å². The summed E-state index contributed by atoms with van der Waals surface area (Å²) in [6.45, 7) is 0.211. The lowest BCUT2D eigenvalue weighted by molar-refractivity contribution is 0.222. The molecular weight excluding hydrogens is 247 g/mol. The first kappa shape index (κ1) is 12.0. The molecule has 5 heteroatoms. The highest BCUT2D eigenvalue weighted by atomic mass is 35.5. The van der Waals surface area contributed by atoms with Crippen molar-refractivity contribution in [1.82, 2.24) is 4.98 Å². The van der Waals surface area contributed by atoms with Crippen molar-refractivity contribution in [3.05, 3.63) is 22.3 Å². The third-order valence-electron chi connectivity index (χ3n) is 3.02. The maximum Gasteiger partial charge on any atom is 0.145 e. The summed E-state index contributed by atoms with van der Waals surface area (Å²) in [7, 11) is 0. The number of halogens is 2. The van der Waals surface area contributed by atoms with Gasteiger partial charge in [-0.15, -0.1) is 0 Å². The van der Waals surface area contributed by atoms with Crippen LogP contribution in [0.3, 0.4) is 0 Å². The maximum atomic E-state index is 9.21. The lowest BCUT2D eigenvalue weighted by Gasteiger charge is -2.20. The molecule has 1 aromatic heterocycles. The minimum Gasteiger partial charge on any atom is -0.396 e. The van der Waals surface area contributed by atoms with Crippen molar-refractivity contribution < 1.29 is 5.11 Å². The average molecular weight is 261 g/mol. The molecule has 1 heterocycles. The van der Waals surface area contributed by atoms with Gasteiger partial charge in [-0.05, 0) is 18.9 Å². The number of nitrogens with zero attached hydrogens (tertiary/aromatic N) is 1. The minimum absolute atomic E-state index is 0.211. The number of rotatable bonds is 3. The van der Waals surface area contributed by atoms with Crippen LogP contribution in [0.5, 0.6) is 0 Å². The molecule has 2 atom stereocenters. The summed E-state index contributed by atoms with van der Waals surface area (Å²) in [5.41, 5.74) is 0. The van der Waals surface area contributed by atoms with Crippen LogP contribution in [0.4, 0.5) is 5.82 Å². The van der Waals surface area contributed by atoms with Gasteiger partial charge in [0.15, 0.2) is 0 Å². The van der Waals surface area contributed by atoms with E-state index in [0.29, 0.717) is 21.8 Å². The smallest absolute Gasteiger partial charge is 0.145 e. The Balaban J connectivity index is 2.08. The van der Waals surface area contributed by atoms with Gasteiger partial charge >= 0.3 is 0 Å². The summed E-state index contributed by atoms with van der Waals surface area (Å²) in [6, 6.07) is 1.93. The Morgan fingerprint density at radius 1 is 1.44 bits per heavy atom. The van der Waals surface area contributed by atoms with Crippen molar-refractivity contribution in [3.8, 4) is 0 Å². The number of anilines is 1. The van der Waals surface area contributed by atoms with E-state index in [4.69, 9.17) is 23.2 Å². The molecule has 1 saturated carbocycles. The number of aliphatic hydroxyl groups is 1. The number of pyridine rings is 1. The van der Waals surface area contributed by atoms with Crippen LogP contribution in [0.1, 0.15) is 19.3 Å². The van der Waals surface area contributed by atoms with E-state index in [9.17, 15) is 5.11 Å². The zero-order valence-corrected chi connectivity index (χ0v) is 10.3. The fraction of sp³-hybridized carbons (Fsp3) is 0.545. The average Bonchev–Trinajstić information content (AvgIpc) is 2.69. The lowest BCUT2D eigenvalue weighted by atomic mass is 10.1. The van der Waals surface area contributed by atoms with E-state index in [1.807, 2.05) is 0 Å². The molecule has 1 fully saturated rings. The number of nitrogens with one attached hydrogen (secondary N) is 1. The molecule has 2 unspecified atom stereocenters. The monoisotopic (exact) mass is 260 g/mol. The highest BCUT2D eigenvalue weighted by Gasteiger charge is 2.27. The molecule has 0 spiro atoms. The van der Waals surface area contributed by atoms with Crippen LogP contribution in [0.15, 0.2) is 12.3 Å². The van der Waals surface area contributed by atoms with Gasteiger partial charge in [0.1, 0.15) is 5.82 Å². The molecule has 2 N–H and O–H groups in total. The van der Waals surface area contributed by atoms with Gasteiger partial charge in [0.05, 0.1) is 10.0 Å². The summed E-state index contributed by atoms with van der Waals surface area (Å²) in [5.74, 6) is 0.949. The fourth-order valence-electron chi connectivity index (χ4n) is 2.14. The van der Waals surface area contributed by atoms with Crippen LogP contribution in [0, 0.1) is 5.92 Å². The Morgan fingerprint density at radius 3 is 2.94 bits per heavy atom. The minimum atomic E-state index is 0.211. The quantitative estimate of drug-likeness (QED) is 0.879. The van der Waals surface area contributed by atoms with Crippen molar-refractivity contribution in [2.45, 2.75) is 25.3 Å². The molecule has 1 aliphatic rings. The SMILES string of the molecule is OCC1CCCC1Nc1ncc(Cl)cc1Cl. The molecule has 88 valence electrons. The Labute approximate surface area is 105 Å². The molecule has 0 aromatic carbocycles. The molecule has 2 rings (SSSR count). The van der Waals surface area contributed by atoms with Crippen molar-refractivity contribution >= 4 is 29.0 Å². The zero-order chi connectivity index (χ0) is 11.5. The van der Waals surface area contributed by atoms with Crippen LogP contribution >= 0.6 is 23.2 Å². The van der Waals surface area contributed by atoms with Crippen LogP contribution in [-0.2, 0) is 0 Å². The van der Waals surface area contributed by atoms with Crippen molar-refractivity contribution in [2.24, 2.45) is 5.92 Å². The molecule has 1 aromatic rings. The molecule has 16 heavy (non-hydrogen) atoms. The van der Waals surface area contributed by atoms with Gasteiger partial charge in [0.2, 0.25) is 0 Å². The standard InChI is InChI=1S/C11H14Cl2N2O/c12-8-4-9(13)11(14-5-8)15-10-3-1-2-7(10)6-16/h4-5,7,10,16H,1-3,6H2,(H,14,15). The predicted molar refractivity (Wildman–Crippen MR) is 66.1 cm³/mol. The van der Waals surface area contributed by atoms with Gasteiger partial charge in [-0.25, -0.2) is 4.98 Å². The van der Waals surface area contributed by atoms with E-state index >= 15 is 0 Å². The second-order valence-electron chi connectivity index (χ2n) is 4.11. The Hall–Kier alpha value is -0.510. The normalized spacial score (nSPS) is 24.7. The number of hydrogen-bond donors (Lipinski definition) is 2. The first-order valence-electron chi connectivity index (χ1n) is 5.39. The van der Waals surface area contributed by atoms with E-state index < -0.39 is 0 Å². The van der Waals surface area contributed by atoms with Crippen LogP contribution in [0.25, 0.3) is 0 Å². The first-order chi connectivity index (χ1) is 7.70. The molecule has 1 aliphatic carbocycles. The molecule has 0 saturated heterocycles. The van der Waals surface area contributed by atoms with E-state index in [1.54, 1.807) is 12.3 Å². The van der Waals surface area contributed by atoms with Crippen molar-refractivity contribution in [3.63, 3.8) is 0 Å². The zero-order valence-electron chi connectivity index (χ0n) is 8.79. The van der Waals surface area contributed by atoms with Crippen LogP contribution in [0.2, 0.25) is 10.0 Å². The largest absolute Gasteiger partial charge is 0.396 e. The second kappa shape index (κ2) is 5.21. The van der Waals surface area contributed by atoms with Crippen LogP contribution in [-0.4, -0.2) is 22.7 Å². The van der Waals surface area contributed by atoms with Gasteiger partial charge in [-0.2, -0.15) is 0 Å². The highest BCUT2D eigenvalue weighted by Crippen LogP contribution is 2.30. The predicted octanol–water partition coefficient (Wildman–Crippen LogP) is 2.96. The first-order valence-corrected chi connectivity index (χ1v) is 6.14. The summed E-state index contributed by atoms with van der Waals surface area (Å²) >= 11 is 11.8. The summed E-state index contributed by atoms with van der Waals surface area (Å²) in [6.07, 6.45) is 4.80. The topological polar surface area (TPSA) is 45.1 Å². The van der Waals surface area contributed by atoms with Gasteiger partial charge < -0.3 is 10.4 Å². The molecule has 0 radical (unpaired) electrons. The van der Waals surface area contributed by atoms with E-state index in [1.165, 1.54) is 0 Å². The Kier molecular flexibility index (Phi) is 3.90. The van der Waals surface area contributed by atoms with E-state index in [-0.39, 0.29) is 12.6 Å². The molecule has 0 bridgehead atoms. The summed E-state index contributed by atoms with van der Waals surface area (Å²) in [4.78, 5) is 4.15. The second-order valence-corrected chi connectivity index (χ2v) is 4.95. The molecule has 0 amide bonds. The Bertz CT molecular complexity index is 373. The Morgan fingerprint density at radius 2 is 2.25 bits per heavy atom. The number of hydrogen-bond acceptors (Lipinski definition) is 3. The molecule has 3 nitrogen and oxygen atoms in total. The third-order valence-corrected chi connectivity index (χ3v) is 3.52. The summed E-state index contributed by atoms with van der Waals surface area (Å²) < 4.78 is 0. The molecule has 0 aliphatic heterocycles.